The van der Waals surface area contributed by atoms with Crippen molar-refractivity contribution in [2.75, 3.05) is 24.8 Å². The number of rotatable bonds is 12. The van der Waals surface area contributed by atoms with Crippen LogP contribution < -0.4 is 10.9 Å². The SMILES string of the molecule is COC(=O)c1cccc(C(F)n2cc(Br)nc(NC(C)(C)c3ccccc3SCCOCc3ccccc3)c2=O)c1. The molecule has 1 aromatic heterocycles. The maximum atomic E-state index is 15.7. The van der Waals surface area contributed by atoms with Crippen LogP contribution >= 0.6 is 27.7 Å². The molecule has 0 aliphatic heterocycles. The Balaban J connectivity index is 1.51. The minimum absolute atomic E-state index is 0.0119. The second-order valence-corrected chi connectivity index (χ2v) is 11.7. The number of methoxy groups -OCH3 is 1. The molecule has 7 nitrogen and oxygen atoms in total. The summed E-state index contributed by atoms with van der Waals surface area (Å²) in [6.07, 6.45) is -0.566. The van der Waals surface area contributed by atoms with Crippen molar-refractivity contribution < 1.29 is 18.7 Å². The summed E-state index contributed by atoms with van der Waals surface area (Å²) in [5.41, 5.74) is 1.04. The van der Waals surface area contributed by atoms with E-state index in [4.69, 9.17) is 9.47 Å². The minimum Gasteiger partial charge on any atom is -0.465 e. The van der Waals surface area contributed by atoms with Gasteiger partial charge in [0.1, 0.15) is 4.60 Å². The monoisotopic (exact) mass is 639 g/mol. The Hall–Kier alpha value is -3.47. The van der Waals surface area contributed by atoms with Gasteiger partial charge in [0.2, 0.25) is 6.30 Å². The molecule has 10 heteroatoms. The van der Waals surface area contributed by atoms with Gasteiger partial charge in [-0.05, 0) is 59.1 Å². The van der Waals surface area contributed by atoms with Gasteiger partial charge in [0.05, 0.1) is 31.4 Å². The van der Waals surface area contributed by atoms with Crippen molar-refractivity contribution in [3.05, 3.63) is 122 Å². The highest BCUT2D eigenvalue weighted by atomic mass is 79.9. The van der Waals surface area contributed by atoms with E-state index in [0.717, 1.165) is 26.3 Å². The Morgan fingerprint density at radius 1 is 1.10 bits per heavy atom. The van der Waals surface area contributed by atoms with Crippen molar-refractivity contribution in [1.29, 1.82) is 0 Å². The predicted molar refractivity (Wildman–Crippen MR) is 163 cm³/mol. The molecule has 3 aromatic carbocycles. The van der Waals surface area contributed by atoms with Crippen LogP contribution in [0.5, 0.6) is 0 Å². The number of hydrogen-bond donors (Lipinski definition) is 1. The lowest BCUT2D eigenvalue weighted by molar-refractivity contribution is 0.0600. The van der Waals surface area contributed by atoms with Gasteiger partial charge < -0.3 is 14.8 Å². The summed E-state index contributed by atoms with van der Waals surface area (Å²) in [4.78, 5) is 30.7. The fourth-order valence-electron chi connectivity index (χ4n) is 4.27. The normalized spacial score (nSPS) is 12.1. The summed E-state index contributed by atoms with van der Waals surface area (Å²) >= 11 is 4.97. The number of halogens is 2. The van der Waals surface area contributed by atoms with Crippen molar-refractivity contribution >= 4 is 39.5 Å². The van der Waals surface area contributed by atoms with E-state index in [0.29, 0.717) is 13.2 Å². The zero-order valence-electron chi connectivity index (χ0n) is 23.0. The first-order chi connectivity index (χ1) is 19.7. The number of anilines is 1. The molecule has 0 radical (unpaired) electrons. The lowest BCUT2D eigenvalue weighted by Gasteiger charge is -2.29. The molecule has 41 heavy (non-hydrogen) atoms. The van der Waals surface area contributed by atoms with E-state index < -0.39 is 23.4 Å². The summed E-state index contributed by atoms with van der Waals surface area (Å²) in [7, 11) is 1.25. The number of esters is 1. The quantitative estimate of drug-likeness (QED) is 0.102. The number of benzene rings is 3. The number of hydrogen-bond acceptors (Lipinski definition) is 7. The highest BCUT2D eigenvalue weighted by molar-refractivity contribution is 9.10. The van der Waals surface area contributed by atoms with Gasteiger partial charge >= 0.3 is 5.97 Å². The lowest BCUT2D eigenvalue weighted by atomic mass is 9.94. The smallest absolute Gasteiger partial charge is 0.337 e. The predicted octanol–water partition coefficient (Wildman–Crippen LogP) is 6.96. The van der Waals surface area contributed by atoms with Crippen LogP contribution in [0.15, 0.2) is 99.4 Å². The largest absolute Gasteiger partial charge is 0.465 e. The Morgan fingerprint density at radius 2 is 1.83 bits per heavy atom. The third-order valence-electron chi connectivity index (χ3n) is 6.32. The van der Waals surface area contributed by atoms with Crippen LogP contribution in [0.4, 0.5) is 10.2 Å². The number of carbonyl (C=O) groups excluding carboxylic acids is 1. The zero-order valence-corrected chi connectivity index (χ0v) is 25.4. The van der Waals surface area contributed by atoms with Crippen molar-refractivity contribution in [2.24, 2.45) is 0 Å². The fraction of sp³-hybridized carbons (Fsp3) is 0.258. The first-order valence-electron chi connectivity index (χ1n) is 12.9. The second kappa shape index (κ2) is 13.9. The van der Waals surface area contributed by atoms with E-state index >= 15 is 4.39 Å². The lowest BCUT2D eigenvalue weighted by Crippen LogP contribution is -2.35. The van der Waals surface area contributed by atoms with Crippen molar-refractivity contribution in [2.45, 2.75) is 37.2 Å². The topological polar surface area (TPSA) is 82.5 Å². The van der Waals surface area contributed by atoms with Gasteiger partial charge in [-0.25, -0.2) is 14.2 Å². The molecule has 0 aliphatic rings. The number of aromatic nitrogens is 2. The number of thioether (sulfide) groups is 1. The number of nitrogens with one attached hydrogen (secondary N) is 1. The molecule has 1 atom stereocenters. The maximum Gasteiger partial charge on any atom is 0.337 e. The van der Waals surface area contributed by atoms with E-state index in [1.54, 1.807) is 17.8 Å². The molecule has 1 heterocycles. The summed E-state index contributed by atoms with van der Waals surface area (Å²) < 4.78 is 27.5. The van der Waals surface area contributed by atoms with Crippen molar-refractivity contribution in [3.8, 4) is 0 Å². The van der Waals surface area contributed by atoms with Crippen LogP contribution in [0.2, 0.25) is 0 Å². The number of alkyl halides is 1. The molecular weight excluding hydrogens is 609 g/mol. The van der Waals surface area contributed by atoms with Crippen LogP contribution in [-0.4, -0.2) is 35.0 Å². The Kier molecular flexibility index (Phi) is 10.4. The van der Waals surface area contributed by atoms with Crippen LogP contribution in [0.3, 0.4) is 0 Å². The van der Waals surface area contributed by atoms with Crippen LogP contribution in [0.1, 0.15) is 47.2 Å². The molecule has 4 rings (SSSR count). The van der Waals surface area contributed by atoms with E-state index in [1.807, 2.05) is 68.4 Å². The standard InChI is InChI=1S/C31H31BrFN3O4S/c1-31(2,24-14-7-8-15-25(24)41-17-16-40-20-21-10-5-4-6-11-21)35-28-29(37)36(19-26(32)34-28)27(33)22-12-9-13-23(18-22)30(38)39-3/h4-15,18-19,27H,16-17,20H2,1-3H3,(H,34,35). The average molecular weight is 641 g/mol. The summed E-state index contributed by atoms with van der Waals surface area (Å²) in [6.45, 7) is 5.02. The van der Waals surface area contributed by atoms with Gasteiger partial charge in [-0.2, -0.15) is 0 Å². The third kappa shape index (κ3) is 7.84. The highest BCUT2D eigenvalue weighted by Crippen LogP contribution is 2.33. The summed E-state index contributed by atoms with van der Waals surface area (Å²) in [5, 5.41) is 3.23. The average Bonchev–Trinajstić information content (AvgIpc) is 2.98. The van der Waals surface area contributed by atoms with Gasteiger partial charge in [0.15, 0.2) is 5.82 Å². The summed E-state index contributed by atoms with van der Waals surface area (Å²) in [5.74, 6) is 0.142. The highest BCUT2D eigenvalue weighted by Gasteiger charge is 2.27. The van der Waals surface area contributed by atoms with Gasteiger partial charge in [0.25, 0.3) is 5.56 Å². The first kappa shape index (κ1) is 30.5. The van der Waals surface area contributed by atoms with Crippen LogP contribution in [-0.2, 0) is 21.6 Å². The van der Waals surface area contributed by atoms with Gasteiger partial charge in [-0.1, -0.05) is 60.7 Å². The molecular formula is C31H31BrFN3O4S. The fourth-order valence-corrected chi connectivity index (χ4v) is 5.74. The number of nitrogens with zero attached hydrogens (tertiary/aromatic N) is 2. The first-order valence-corrected chi connectivity index (χ1v) is 14.7. The van der Waals surface area contributed by atoms with E-state index in [-0.39, 0.29) is 21.5 Å². The maximum absolute atomic E-state index is 15.7. The molecule has 0 amide bonds. The zero-order chi connectivity index (χ0) is 29.4. The van der Waals surface area contributed by atoms with Crippen LogP contribution in [0, 0.1) is 0 Å². The van der Waals surface area contributed by atoms with Crippen molar-refractivity contribution in [1.82, 2.24) is 9.55 Å². The van der Waals surface area contributed by atoms with E-state index in [9.17, 15) is 9.59 Å². The molecule has 1 N–H and O–H groups in total. The minimum atomic E-state index is -1.85. The number of carbonyl (C=O) groups is 1. The van der Waals surface area contributed by atoms with Gasteiger partial charge in [-0.15, -0.1) is 11.8 Å². The Morgan fingerprint density at radius 3 is 2.59 bits per heavy atom. The van der Waals surface area contributed by atoms with Gasteiger partial charge in [0, 0.05) is 22.4 Å². The number of ether oxygens (including phenoxy) is 2. The third-order valence-corrected chi connectivity index (χ3v) is 7.74. The van der Waals surface area contributed by atoms with Crippen molar-refractivity contribution in [3.63, 3.8) is 0 Å². The second-order valence-electron chi connectivity index (χ2n) is 9.71. The molecule has 0 fully saturated rings. The molecule has 0 bridgehead atoms. The molecule has 0 spiro atoms. The molecule has 1 unspecified atom stereocenters. The molecule has 214 valence electrons. The molecule has 0 saturated carbocycles. The molecule has 0 saturated heterocycles. The molecule has 4 aromatic rings. The van der Waals surface area contributed by atoms with Gasteiger partial charge in [-0.3, -0.25) is 9.36 Å². The van der Waals surface area contributed by atoms with E-state index in [2.05, 4.69) is 26.2 Å². The Labute approximate surface area is 251 Å². The van der Waals surface area contributed by atoms with Crippen LogP contribution in [0.25, 0.3) is 0 Å². The Bertz CT molecular complexity index is 1550. The molecule has 0 aliphatic carbocycles. The van der Waals surface area contributed by atoms with E-state index in [1.165, 1.54) is 31.5 Å². The summed E-state index contributed by atoms with van der Waals surface area (Å²) in [6, 6.07) is 23.9.